The summed E-state index contributed by atoms with van der Waals surface area (Å²) in [4.78, 5) is 14.3. The van der Waals surface area contributed by atoms with Gasteiger partial charge in [-0.25, -0.2) is 0 Å². The molecule has 0 radical (unpaired) electrons. The summed E-state index contributed by atoms with van der Waals surface area (Å²) < 4.78 is 5.19. The monoisotopic (exact) mass is 303 g/mol. The van der Waals surface area contributed by atoms with E-state index in [-0.39, 0.29) is 5.92 Å². The van der Waals surface area contributed by atoms with E-state index in [1.165, 1.54) is 12.0 Å². The average molecular weight is 303 g/mol. The van der Waals surface area contributed by atoms with Gasteiger partial charge in [0.05, 0.1) is 7.11 Å². The molecule has 0 spiro atoms. The van der Waals surface area contributed by atoms with Gasteiger partial charge in [0.25, 0.3) is 0 Å². The van der Waals surface area contributed by atoms with Crippen molar-refractivity contribution < 1.29 is 9.53 Å². The second-order valence-corrected chi connectivity index (χ2v) is 6.46. The summed E-state index contributed by atoms with van der Waals surface area (Å²) >= 11 is 0. The third kappa shape index (κ3) is 4.49. The van der Waals surface area contributed by atoms with E-state index in [0.717, 1.165) is 50.4 Å². The lowest BCUT2D eigenvalue weighted by atomic mass is 9.90. The Hall–Kier alpha value is -1.51. The van der Waals surface area contributed by atoms with Crippen LogP contribution in [0.4, 0.5) is 0 Å². The smallest absolute Gasteiger partial charge is 0.225 e. The molecule has 1 aromatic rings. The van der Waals surface area contributed by atoms with E-state index in [4.69, 9.17) is 4.74 Å². The number of rotatable bonds is 6. The molecular weight excluding hydrogens is 274 g/mol. The zero-order valence-electron chi connectivity index (χ0n) is 14.2. The van der Waals surface area contributed by atoms with E-state index >= 15 is 0 Å². The molecule has 2 rings (SSSR count). The van der Waals surface area contributed by atoms with Crippen LogP contribution in [-0.2, 0) is 11.2 Å². The number of hydrogen-bond donors (Lipinski definition) is 0. The van der Waals surface area contributed by atoms with Gasteiger partial charge >= 0.3 is 0 Å². The Bertz CT molecular complexity index is 461. The fourth-order valence-electron chi connectivity index (χ4n) is 3.09. The molecule has 3 heteroatoms. The Morgan fingerprint density at radius 2 is 1.91 bits per heavy atom. The van der Waals surface area contributed by atoms with Gasteiger partial charge in [0.15, 0.2) is 0 Å². The molecule has 22 heavy (non-hydrogen) atoms. The number of amides is 1. The number of benzene rings is 1. The molecule has 0 saturated carbocycles. The van der Waals surface area contributed by atoms with Crippen molar-refractivity contribution in [1.82, 2.24) is 4.90 Å². The number of hydrogen-bond acceptors (Lipinski definition) is 2. The van der Waals surface area contributed by atoms with Crippen LogP contribution >= 0.6 is 0 Å². The molecule has 1 aliphatic rings. The summed E-state index contributed by atoms with van der Waals surface area (Å²) in [6, 6.07) is 8.37. The number of carbonyl (C=O) groups excluding carboxylic acids is 1. The summed E-state index contributed by atoms with van der Waals surface area (Å²) in [6.45, 7) is 6.01. The van der Waals surface area contributed by atoms with Crippen LogP contribution in [0.1, 0.15) is 45.1 Å². The lowest BCUT2D eigenvalue weighted by Crippen LogP contribution is -2.41. The molecule has 1 aliphatic heterocycles. The summed E-state index contributed by atoms with van der Waals surface area (Å²) in [5.41, 5.74) is 1.37. The maximum absolute atomic E-state index is 12.2. The van der Waals surface area contributed by atoms with Crippen molar-refractivity contribution in [2.45, 2.75) is 46.0 Å². The molecule has 0 aromatic heterocycles. The molecule has 0 bridgehead atoms. The number of piperidine rings is 1. The van der Waals surface area contributed by atoms with Gasteiger partial charge in [-0.3, -0.25) is 4.79 Å². The van der Waals surface area contributed by atoms with Crippen LogP contribution in [0.3, 0.4) is 0 Å². The predicted octanol–water partition coefficient (Wildman–Crippen LogP) is 3.91. The first-order chi connectivity index (χ1) is 10.6. The van der Waals surface area contributed by atoms with Crippen LogP contribution in [-0.4, -0.2) is 31.0 Å². The molecule has 0 N–H and O–H groups in total. The molecular formula is C19H29NO2. The quantitative estimate of drug-likeness (QED) is 0.797. The number of methoxy groups -OCH3 is 1. The SMILES string of the molecule is CCC(C)C(=O)N1CCC(CCc2ccc(OC)cc2)CC1. The first kappa shape index (κ1) is 16.9. The molecule has 0 aliphatic carbocycles. The van der Waals surface area contributed by atoms with E-state index in [9.17, 15) is 4.79 Å². The predicted molar refractivity (Wildman–Crippen MR) is 90.1 cm³/mol. The minimum atomic E-state index is 0.177. The zero-order chi connectivity index (χ0) is 15.9. The highest BCUT2D eigenvalue weighted by Gasteiger charge is 2.24. The largest absolute Gasteiger partial charge is 0.497 e. The second kappa shape index (κ2) is 8.21. The third-order valence-electron chi connectivity index (χ3n) is 4.96. The Balaban J connectivity index is 1.74. The third-order valence-corrected chi connectivity index (χ3v) is 4.96. The van der Waals surface area contributed by atoms with Crippen LogP contribution in [0.5, 0.6) is 5.75 Å². The first-order valence-electron chi connectivity index (χ1n) is 8.55. The Morgan fingerprint density at radius 3 is 2.45 bits per heavy atom. The number of carbonyl (C=O) groups is 1. The van der Waals surface area contributed by atoms with E-state index < -0.39 is 0 Å². The lowest BCUT2D eigenvalue weighted by Gasteiger charge is -2.33. The van der Waals surface area contributed by atoms with Gasteiger partial charge in [0.1, 0.15) is 5.75 Å². The molecule has 1 saturated heterocycles. The average Bonchev–Trinajstić information content (AvgIpc) is 2.59. The first-order valence-corrected chi connectivity index (χ1v) is 8.55. The molecule has 122 valence electrons. The van der Waals surface area contributed by atoms with Gasteiger partial charge in [0.2, 0.25) is 5.91 Å². The fourth-order valence-corrected chi connectivity index (χ4v) is 3.09. The van der Waals surface area contributed by atoms with Crippen LogP contribution < -0.4 is 4.74 Å². The summed E-state index contributed by atoms with van der Waals surface area (Å²) in [5, 5.41) is 0. The standard InChI is InChI=1S/C19H29NO2/c1-4-15(2)19(21)20-13-11-17(12-14-20)6-5-16-7-9-18(22-3)10-8-16/h7-10,15,17H,4-6,11-14H2,1-3H3. The highest BCUT2D eigenvalue weighted by Crippen LogP contribution is 2.24. The van der Waals surface area contributed by atoms with E-state index in [2.05, 4.69) is 24.0 Å². The number of nitrogens with zero attached hydrogens (tertiary/aromatic N) is 1. The van der Waals surface area contributed by atoms with Crippen LogP contribution in [0.2, 0.25) is 0 Å². The molecule has 1 amide bonds. The highest BCUT2D eigenvalue weighted by atomic mass is 16.5. The van der Waals surface area contributed by atoms with Gasteiger partial charge in [-0.2, -0.15) is 0 Å². The van der Waals surface area contributed by atoms with Crippen molar-refractivity contribution in [2.24, 2.45) is 11.8 Å². The summed E-state index contributed by atoms with van der Waals surface area (Å²) in [7, 11) is 1.70. The van der Waals surface area contributed by atoms with Crippen molar-refractivity contribution in [2.75, 3.05) is 20.2 Å². The zero-order valence-corrected chi connectivity index (χ0v) is 14.2. The van der Waals surface area contributed by atoms with E-state index in [0.29, 0.717) is 5.91 Å². The van der Waals surface area contributed by atoms with Crippen molar-refractivity contribution in [3.8, 4) is 5.75 Å². The van der Waals surface area contributed by atoms with Gasteiger partial charge in [-0.05, 0) is 55.7 Å². The lowest BCUT2D eigenvalue weighted by molar-refractivity contribution is -0.136. The normalized spacial score (nSPS) is 17.3. The molecule has 1 unspecified atom stereocenters. The van der Waals surface area contributed by atoms with Gasteiger partial charge < -0.3 is 9.64 Å². The van der Waals surface area contributed by atoms with Gasteiger partial charge in [-0.15, -0.1) is 0 Å². The number of likely N-dealkylation sites (tertiary alicyclic amines) is 1. The van der Waals surface area contributed by atoms with E-state index in [1.54, 1.807) is 7.11 Å². The van der Waals surface area contributed by atoms with Crippen LogP contribution in [0.25, 0.3) is 0 Å². The number of ether oxygens (including phenoxy) is 1. The van der Waals surface area contributed by atoms with Crippen LogP contribution in [0.15, 0.2) is 24.3 Å². The fraction of sp³-hybridized carbons (Fsp3) is 0.632. The Labute approximate surface area is 134 Å². The Kier molecular flexibility index (Phi) is 6.29. The minimum Gasteiger partial charge on any atom is -0.497 e. The highest BCUT2D eigenvalue weighted by molar-refractivity contribution is 5.78. The van der Waals surface area contributed by atoms with Crippen molar-refractivity contribution in [3.05, 3.63) is 29.8 Å². The number of aryl methyl sites for hydroxylation is 1. The molecule has 1 aromatic carbocycles. The second-order valence-electron chi connectivity index (χ2n) is 6.46. The Morgan fingerprint density at radius 1 is 1.27 bits per heavy atom. The van der Waals surface area contributed by atoms with Crippen molar-refractivity contribution in [1.29, 1.82) is 0 Å². The van der Waals surface area contributed by atoms with Crippen molar-refractivity contribution >= 4 is 5.91 Å². The minimum absolute atomic E-state index is 0.177. The van der Waals surface area contributed by atoms with Gasteiger partial charge in [-0.1, -0.05) is 26.0 Å². The molecule has 1 atom stereocenters. The molecule has 1 heterocycles. The van der Waals surface area contributed by atoms with Gasteiger partial charge in [0, 0.05) is 19.0 Å². The molecule has 1 fully saturated rings. The summed E-state index contributed by atoms with van der Waals surface area (Å²) in [5.74, 6) is 2.19. The van der Waals surface area contributed by atoms with E-state index in [1.807, 2.05) is 19.1 Å². The maximum atomic E-state index is 12.2. The van der Waals surface area contributed by atoms with Crippen LogP contribution in [0, 0.1) is 11.8 Å². The van der Waals surface area contributed by atoms with Crippen molar-refractivity contribution in [3.63, 3.8) is 0 Å². The molecule has 3 nitrogen and oxygen atoms in total. The summed E-state index contributed by atoms with van der Waals surface area (Å²) in [6.07, 6.45) is 5.58. The maximum Gasteiger partial charge on any atom is 0.225 e. The topological polar surface area (TPSA) is 29.5 Å².